The molecular weight excluding hydrogens is 167 g/mol. The summed E-state index contributed by atoms with van der Waals surface area (Å²) in [7, 11) is 0. The van der Waals surface area contributed by atoms with Crippen molar-refractivity contribution in [2.75, 3.05) is 0 Å². The van der Waals surface area contributed by atoms with Crippen LogP contribution in [0.25, 0.3) is 0 Å². The standard InChI is InChI=1S/C6H7F5/c1-3-5(8,4(2)7)6(9,10)11/h3-4H,1H2,2H3. The summed E-state index contributed by atoms with van der Waals surface area (Å²) in [6.07, 6.45) is -7.94. The molecule has 0 fully saturated rings. The molecule has 0 spiro atoms. The van der Waals surface area contributed by atoms with E-state index in [4.69, 9.17) is 0 Å². The van der Waals surface area contributed by atoms with Crippen molar-refractivity contribution in [2.24, 2.45) is 0 Å². The Morgan fingerprint density at radius 1 is 1.27 bits per heavy atom. The summed E-state index contributed by atoms with van der Waals surface area (Å²) in [6, 6.07) is 0. The number of halogens is 5. The van der Waals surface area contributed by atoms with Crippen molar-refractivity contribution >= 4 is 0 Å². The van der Waals surface area contributed by atoms with Crippen LogP contribution in [0.3, 0.4) is 0 Å². The van der Waals surface area contributed by atoms with E-state index >= 15 is 0 Å². The third-order valence-corrected chi connectivity index (χ3v) is 1.31. The van der Waals surface area contributed by atoms with Gasteiger partial charge < -0.3 is 0 Å². The molecule has 0 saturated carbocycles. The molecule has 0 rings (SSSR count). The maximum Gasteiger partial charge on any atom is 0.429 e. The molecule has 0 heterocycles. The van der Waals surface area contributed by atoms with Gasteiger partial charge in [-0.15, -0.1) is 0 Å². The van der Waals surface area contributed by atoms with Crippen LogP contribution < -0.4 is 0 Å². The SMILES string of the molecule is C=CC(F)(C(C)F)C(F)(F)F. The first-order valence-electron chi connectivity index (χ1n) is 2.79. The van der Waals surface area contributed by atoms with Crippen LogP contribution in [0.2, 0.25) is 0 Å². The largest absolute Gasteiger partial charge is 0.429 e. The molecule has 66 valence electrons. The maximum atomic E-state index is 12.5. The van der Waals surface area contributed by atoms with Crippen LogP contribution in [-0.4, -0.2) is 18.0 Å². The zero-order valence-electron chi connectivity index (χ0n) is 5.75. The van der Waals surface area contributed by atoms with Crippen molar-refractivity contribution < 1.29 is 22.0 Å². The number of rotatable bonds is 2. The fraction of sp³-hybridized carbons (Fsp3) is 0.667. The van der Waals surface area contributed by atoms with Gasteiger partial charge in [0.2, 0.25) is 0 Å². The molecule has 0 aromatic rings. The molecule has 5 heteroatoms. The second kappa shape index (κ2) is 2.79. The lowest BCUT2D eigenvalue weighted by Gasteiger charge is -2.25. The number of alkyl halides is 5. The van der Waals surface area contributed by atoms with Gasteiger partial charge in [-0.3, -0.25) is 0 Å². The molecule has 0 bridgehead atoms. The summed E-state index contributed by atoms with van der Waals surface area (Å²) in [5.74, 6) is 0. The van der Waals surface area contributed by atoms with E-state index in [1.54, 1.807) is 0 Å². The fourth-order valence-electron chi connectivity index (χ4n) is 0.504. The molecule has 0 aliphatic heterocycles. The summed E-state index contributed by atoms with van der Waals surface area (Å²) < 4.78 is 59.6. The Hall–Kier alpha value is -0.610. The van der Waals surface area contributed by atoms with E-state index in [9.17, 15) is 22.0 Å². The molecule has 0 aliphatic carbocycles. The molecule has 0 N–H and O–H groups in total. The fourth-order valence-corrected chi connectivity index (χ4v) is 0.504. The molecule has 2 unspecified atom stereocenters. The number of hydrogen-bond donors (Lipinski definition) is 0. The molecule has 0 saturated heterocycles. The van der Waals surface area contributed by atoms with Crippen molar-refractivity contribution in [3.05, 3.63) is 12.7 Å². The zero-order chi connectivity index (χ0) is 9.28. The summed E-state index contributed by atoms with van der Waals surface area (Å²) in [6.45, 7) is 3.08. The summed E-state index contributed by atoms with van der Waals surface area (Å²) in [4.78, 5) is 0. The quantitative estimate of drug-likeness (QED) is 0.446. The van der Waals surface area contributed by atoms with E-state index in [-0.39, 0.29) is 6.08 Å². The number of hydrogen-bond acceptors (Lipinski definition) is 0. The maximum absolute atomic E-state index is 12.5. The molecule has 0 aliphatic rings. The molecule has 0 amide bonds. The van der Waals surface area contributed by atoms with E-state index in [0.29, 0.717) is 6.92 Å². The Bertz CT molecular complexity index is 148. The van der Waals surface area contributed by atoms with Crippen LogP contribution >= 0.6 is 0 Å². The topological polar surface area (TPSA) is 0 Å². The third-order valence-electron chi connectivity index (χ3n) is 1.31. The van der Waals surface area contributed by atoms with Gasteiger partial charge in [-0.05, 0) is 13.0 Å². The third kappa shape index (κ3) is 1.70. The van der Waals surface area contributed by atoms with Crippen molar-refractivity contribution in [2.45, 2.75) is 24.9 Å². The second-order valence-electron chi connectivity index (χ2n) is 2.09. The first kappa shape index (κ1) is 10.4. The van der Waals surface area contributed by atoms with Gasteiger partial charge in [0.1, 0.15) is 6.17 Å². The highest BCUT2D eigenvalue weighted by Gasteiger charge is 2.58. The molecule has 0 radical (unpaired) electrons. The highest BCUT2D eigenvalue weighted by Crippen LogP contribution is 2.38. The zero-order valence-corrected chi connectivity index (χ0v) is 5.75. The van der Waals surface area contributed by atoms with Gasteiger partial charge in [0.05, 0.1) is 0 Å². The van der Waals surface area contributed by atoms with Crippen LogP contribution in [0, 0.1) is 0 Å². The molecule has 0 aromatic heterocycles. The highest BCUT2D eigenvalue weighted by molar-refractivity contribution is 5.05. The normalized spacial score (nSPS) is 20.5. The van der Waals surface area contributed by atoms with Crippen LogP contribution in [0.4, 0.5) is 22.0 Å². The van der Waals surface area contributed by atoms with Crippen molar-refractivity contribution in [3.8, 4) is 0 Å². The minimum atomic E-state index is -5.23. The molecule has 0 aromatic carbocycles. The first-order chi connectivity index (χ1) is 4.75. The smallest absolute Gasteiger partial charge is 0.244 e. The highest BCUT2D eigenvalue weighted by atomic mass is 19.4. The lowest BCUT2D eigenvalue weighted by atomic mass is 10.0. The van der Waals surface area contributed by atoms with Crippen molar-refractivity contribution in [1.82, 2.24) is 0 Å². The Labute approximate surface area is 60.7 Å². The Morgan fingerprint density at radius 2 is 1.64 bits per heavy atom. The van der Waals surface area contributed by atoms with Crippen LogP contribution in [0.5, 0.6) is 0 Å². The second-order valence-corrected chi connectivity index (χ2v) is 2.09. The summed E-state index contributed by atoms with van der Waals surface area (Å²) in [5.41, 5.74) is -3.92. The minimum absolute atomic E-state index is 0.0718. The minimum Gasteiger partial charge on any atom is -0.244 e. The van der Waals surface area contributed by atoms with Crippen LogP contribution in [0.15, 0.2) is 12.7 Å². The van der Waals surface area contributed by atoms with Gasteiger partial charge >= 0.3 is 6.18 Å². The predicted octanol–water partition coefficient (Wildman–Crippen LogP) is 2.80. The molecular formula is C6H7F5. The van der Waals surface area contributed by atoms with E-state index in [0.717, 1.165) is 0 Å². The van der Waals surface area contributed by atoms with Crippen LogP contribution in [-0.2, 0) is 0 Å². The van der Waals surface area contributed by atoms with Gasteiger partial charge in [-0.1, -0.05) is 6.58 Å². The van der Waals surface area contributed by atoms with Gasteiger partial charge in [0.25, 0.3) is 5.67 Å². The average Bonchev–Trinajstić information content (AvgIpc) is 1.83. The van der Waals surface area contributed by atoms with E-state index in [2.05, 4.69) is 6.58 Å². The van der Waals surface area contributed by atoms with Crippen molar-refractivity contribution in [3.63, 3.8) is 0 Å². The van der Waals surface area contributed by atoms with Crippen LogP contribution in [0.1, 0.15) is 6.92 Å². The van der Waals surface area contributed by atoms with E-state index < -0.39 is 18.0 Å². The first-order valence-corrected chi connectivity index (χ1v) is 2.79. The molecule has 0 nitrogen and oxygen atoms in total. The number of allylic oxidation sites excluding steroid dienone is 1. The molecule has 11 heavy (non-hydrogen) atoms. The molecule has 2 atom stereocenters. The summed E-state index contributed by atoms with van der Waals surface area (Å²) in [5, 5.41) is 0. The van der Waals surface area contributed by atoms with Gasteiger partial charge in [-0.2, -0.15) is 13.2 Å². The van der Waals surface area contributed by atoms with Gasteiger partial charge in [0.15, 0.2) is 0 Å². The van der Waals surface area contributed by atoms with Crippen molar-refractivity contribution in [1.29, 1.82) is 0 Å². The average molecular weight is 174 g/mol. The van der Waals surface area contributed by atoms with Gasteiger partial charge in [0, 0.05) is 0 Å². The van der Waals surface area contributed by atoms with E-state index in [1.165, 1.54) is 0 Å². The monoisotopic (exact) mass is 174 g/mol. The Balaban J connectivity index is 4.75. The van der Waals surface area contributed by atoms with Gasteiger partial charge in [-0.25, -0.2) is 8.78 Å². The lowest BCUT2D eigenvalue weighted by molar-refractivity contribution is -0.228. The Morgan fingerprint density at radius 3 is 1.64 bits per heavy atom. The Kier molecular flexibility index (Phi) is 2.64. The van der Waals surface area contributed by atoms with E-state index in [1.807, 2.05) is 0 Å². The predicted molar refractivity (Wildman–Crippen MR) is 30.7 cm³/mol. The lowest BCUT2D eigenvalue weighted by Crippen LogP contribution is -2.45. The summed E-state index contributed by atoms with van der Waals surface area (Å²) >= 11 is 0.